The maximum atomic E-state index is 5.40. The molecule has 62 heavy (non-hydrogen) atoms. The van der Waals surface area contributed by atoms with E-state index in [1.54, 1.807) is 0 Å². The lowest BCUT2D eigenvalue weighted by molar-refractivity contribution is 0.893. The van der Waals surface area contributed by atoms with Gasteiger partial charge in [-0.2, -0.15) is 15.0 Å². The van der Waals surface area contributed by atoms with Gasteiger partial charge in [-0.15, -0.1) is 0 Å². The summed E-state index contributed by atoms with van der Waals surface area (Å²) >= 11 is 0. The summed E-state index contributed by atoms with van der Waals surface area (Å²) in [5.41, 5.74) is 14.3. The number of hydrogen-bond acceptors (Lipinski definition) is 3. The topological polar surface area (TPSA) is 48.5 Å². The molecule has 0 aliphatic carbocycles. The highest BCUT2D eigenvalue weighted by Gasteiger charge is 2.21. The van der Waals surface area contributed by atoms with Gasteiger partial charge in [-0.25, -0.2) is 0 Å². The molecule has 0 saturated carbocycles. The molecule has 0 amide bonds. The molecule has 0 atom stereocenters. The van der Waals surface area contributed by atoms with E-state index in [1.807, 2.05) is 0 Å². The van der Waals surface area contributed by atoms with Crippen LogP contribution in [-0.2, 0) is 0 Å². The molecule has 0 aliphatic heterocycles. The van der Waals surface area contributed by atoms with Crippen LogP contribution in [0, 0.1) is 0 Å². The molecule has 12 rings (SSSR count). The average Bonchev–Trinajstić information content (AvgIpc) is 3.87. The first-order valence-electron chi connectivity index (χ1n) is 20.9. The second-order valence-electron chi connectivity index (χ2n) is 15.7. The standard InChI is InChI=1S/C57H37N5/c1-3-15-38(16-4-1)42-19-13-20-43(35-42)40-29-31-41(32-30-40)44-21-14-22-46(36-44)55-58-56(61-51-26-10-7-23-47(51)48-24-8-11-27-52(48)61)60-57(59-55)62-53-28-12-9-25-49(53)50-34-33-45(37-54(50)62)39-17-5-2-6-18-39/h1-37H. The molecule has 12 aromatic rings. The number of benzene rings is 9. The Morgan fingerprint density at radius 3 is 1.06 bits per heavy atom. The van der Waals surface area contributed by atoms with Crippen molar-refractivity contribution in [2.45, 2.75) is 0 Å². The van der Waals surface area contributed by atoms with Crippen LogP contribution in [0.3, 0.4) is 0 Å². The first-order valence-corrected chi connectivity index (χ1v) is 20.9. The van der Waals surface area contributed by atoms with E-state index in [1.165, 1.54) is 22.3 Å². The largest absolute Gasteiger partial charge is 0.278 e. The zero-order valence-electron chi connectivity index (χ0n) is 33.6. The maximum absolute atomic E-state index is 5.40. The maximum Gasteiger partial charge on any atom is 0.240 e. The molecule has 0 radical (unpaired) electrons. The van der Waals surface area contributed by atoms with Crippen LogP contribution in [0.15, 0.2) is 224 Å². The Hall–Kier alpha value is -8.41. The van der Waals surface area contributed by atoms with Crippen LogP contribution in [0.5, 0.6) is 0 Å². The van der Waals surface area contributed by atoms with Crippen LogP contribution < -0.4 is 0 Å². The van der Waals surface area contributed by atoms with Gasteiger partial charge in [-0.3, -0.25) is 9.13 Å². The van der Waals surface area contributed by atoms with Crippen molar-refractivity contribution in [2.75, 3.05) is 0 Å². The highest BCUT2D eigenvalue weighted by atomic mass is 15.3. The molecule has 0 fully saturated rings. The average molecular weight is 792 g/mol. The Kier molecular flexibility index (Phi) is 8.42. The SMILES string of the molecule is c1ccc(-c2cccc(-c3ccc(-c4cccc(-c5nc(-n6c7ccccc7c7ccccc76)nc(-n6c7ccccc7c7ccc(-c8ccccc8)cc76)n5)c4)cc3)c2)cc1. The minimum absolute atomic E-state index is 0.552. The van der Waals surface area contributed by atoms with Gasteiger partial charge in [-0.1, -0.05) is 188 Å². The van der Waals surface area contributed by atoms with Gasteiger partial charge in [0.05, 0.1) is 22.1 Å². The number of hydrogen-bond donors (Lipinski definition) is 0. The molecule has 0 aliphatic rings. The lowest BCUT2D eigenvalue weighted by Gasteiger charge is -2.13. The number of aromatic nitrogens is 5. The molecule has 3 aromatic heterocycles. The highest BCUT2D eigenvalue weighted by molar-refractivity contribution is 6.10. The predicted molar refractivity (Wildman–Crippen MR) is 256 cm³/mol. The number of para-hydroxylation sites is 3. The molecule has 0 saturated heterocycles. The van der Waals surface area contributed by atoms with E-state index in [9.17, 15) is 0 Å². The number of rotatable bonds is 7. The Morgan fingerprint density at radius 1 is 0.226 bits per heavy atom. The third-order valence-corrected chi connectivity index (χ3v) is 12.0. The van der Waals surface area contributed by atoms with Gasteiger partial charge in [0.25, 0.3) is 0 Å². The Bertz CT molecular complexity index is 3570. The fraction of sp³-hybridized carbons (Fsp3) is 0. The second kappa shape index (κ2) is 14.7. The van der Waals surface area contributed by atoms with E-state index in [4.69, 9.17) is 15.0 Å². The van der Waals surface area contributed by atoms with Crippen LogP contribution in [0.25, 0.3) is 111 Å². The van der Waals surface area contributed by atoms with Gasteiger partial charge in [-0.05, 0) is 80.9 Å². The summed E-state index contributed by atoms with van der Waals surface area (Å²) in [6.45, 7) is 0. The monoisotopic (exact) mass is 791 g/mol. The third kappa shape index (κ3) is 6.06. The van der Waals surface area contributed by atoms with Gasteiger partial charge in [0.15, 0.2) is 5.82 Å². The van der Waals surface area contributed by atoms with Gasteiger partial charge < -0.3 is 0 Å². The van der Waals surface area contributed by atoms with E-state index in [0.717, 1.165) is 71.4 Å². The highest BCUT2D eigenvalue weighted by Crippen LogP contribution is 2.37. The van der Waals surface area contributed by atoms with Crippen molar-refractivity contribution >= 4 is 43.6 Å². The van der Waals surface area contributed by atoms with Crippen LogP contribution in [-0.4, -0.2) is 24.1 Å². The summed E-state index contributed by atoms with van der Waals surface area (Å²) in [4.78, 5) is 16.1. The molecule has 5 nitrogen and oxygen atoms in total. The van der Waals surface area contributed by atoms with Crippen LogP contribution >= 0.6 is 0 Å². The smallest absolute Gasteiger partial charge is 0.240 e. The number of nitrogens with zero attached hydrogens (tertiary/aromatic N) is 5. The summed E-state index contributed by atoms with van der Waals surface area (Å²) in [6.07, 6.45) is 0. The van der Waals surface area contributed by atoms with Crippen LogP contribution in [0.4, 0.5) is 0 Å². The molecular weight excluding hydrogens is 755 g/mol. The normalized spacial score (nSPS) is 11.5. The first kappa shape index (κ1) is 35.5. The summed E-state index contributed by atoms with van der Waals surface area (Å²) in [5.74, 6) is 1.70. The van der Waals surface area contributed by atoms with E-state index in [-0.39, 0.29) is 0 Å². The van der Waals surface area contributed by atoms with Crippen molar-refractivity contribution < 1.29 is 0 Å². The van der Waals surface area contributed by atoms with Crippen molar-refractivity contribution in [3.8, 4) is 67.8 Å². The minimum atomic E-state index is 0.552. The molecule has 0 N–H and O–H groups in total. The minimum Gasteiger partial charge on any atom is -0.278 e. The van der Waals surface area contributed by atoms with E-state index < -0.39 is 0 Å². The Labute approximate surface area is 358 Å². The van der Waals surface area contributed by atoms with Crippen LogP contribution in [0.2, 0.25) is 0 Å². The van der Waals surface area contributed by atoms with E-state index in [2.05, 4.69) is 234 Å². The predicted octanol–water partition coefficient (Wildman–Crippen LogP) is 14.4. The van der Waals surface area contributed by atoms with Crippen molar-refractivity contribution in [1.82, 2.24) is 24.1 Å². The van der Waals surface area contributed by atoms with Crippen molar-refractivity contribution in [3.05, 3.63) is 224 Å². The quantitative estimate of drug-likeness (QED) is 0.162. The Balaban J connectivity index is 1.03. The van der Waals surface area contributed by atoms with Crippen molar-refractivity contribution in [1.29, 1.82) is 0 Å². The summed E-state index contributed by atoms with van der Waals surface area (Å²) < 4.78 is 4.38. The molecule has 0 bridgehead atoms. The van der Waals surface area contributed by atoms with Crippen molar-refractivity contribution in [2.24, 2.45) is 0 Å². The molecule has 9 aromatic carbocycles. The Morgan fingerprint density at radius 2 is 0.565 bits per heavy atom. The third-order valence-electron chi connectivity index (χ3n) is 12.0. The lowest BCUT2D eigenvalue weighted by Crippen LogP contribution is -2.10. The molecule has 0 unspecified atom stereocenters. The van der Waals surface area contributed by atoms with Crippen LogP contribution in [0.1, 0.15) is 0 Å². The summed E-state index contributed by atoms with van der Waals surface area (Å²) in [7, 11) is 0. The van der Waals surface area contributed by atoms with Gasteiger partial charge in [0.1, 0.15) is 0 Å². The second-order valence-corrected chi connectivity index (χ2v) is 15.7. The zero-order chi connectivity index (χ0) is 41.0. The van der Waals surface area contributed by atoms with Gasteiger partial charge >= 0.3 is 0 Å². The fourth-order valence-corrected chi connectivity index (χ4v) is 9.02. The molecule has 5 heteroatoms. The molecule has 290 valence electrons. The summed E-state index contributed by atoms with van der Waals surface area (Å²) in [5, 5.41) is 4.57. The zero-order valence-corrected chi connectivity index (χ0v) is 33.6. The molecule has 0 spiro atoms. The summed E-state index contributed by atoms with van der Waals surface area (Å²) in [6, 6.07) is 79.3. The fourth-order valence-electron chi connectivity index (χ4n) is 9.02. The van der Waals surface area contributed by atoms with E-state index in [0.29, 0.717) is 17.7 Å². The number of fused-ring (bicyclic) bond motifs is 6. The molecule has 3 heterocycles. The first-order chi connectivity index (χ1) is 30.7. The lowest BCUT2D eigenvalue weighted by atomic mass is 9.96. The molecular formula is C57H37N5. The van der Waals surface area contributed by atoms with Gasteiger partial charge in [0.2, 0.25) is 11.9 Å². The van der Waals surface area contributed by atoms with E-state index >= 15 is 0 Å². The van der Waals surface area contributed by atoms with Crippen molar-refractivity contribution in [3.63, 3.8) is 0 Å². The van der Waals surface area contributed by atoms with Gasteiger partial charge in [0, 0.05) is 27.1 Å².